The highest BCUT2D eigenvalue weighted by Crippen LogP contribution is 2.37. The first kappa shape index (κ1) is 28.4. The zero-order valence-corrected chi connectivity index (χ0v) is 22.6. The molecule has 0 bridgehead atoms. The normalized spacial score (nSPS) is 23.8. The van der Waals surface area contributed by atoms with Gasteiger partial charge in [-0.25, -0.2) is 19.3 Å². The Morgan fingerprint density at radius 1 is 1.12 bits per heavy atom. The molecular weight excluding hydrogens is 534 g/mol. The van der Waals surface area contributed by atoms with Crippen LogP contribution in [0, 0.1) is 0 Å². The summed E-state index contributed by atoms with van der Waals surface area (Å²) in [6.45, 7) is 3.93. The van der Waals surface area contributed by atoms with Crippen molar-refractivity contribution in [3.05, 3.63) is 30.4 Å². The van der Waals surface area contributed by atoms with Crippen LogP contribution in [0.5, 0.6) is 0 Å². The third-order valence-electron chi connectivity index (χ3n) is 7.29. The average molecular weight is 568 g/mol. The van der Waals surface area contributed by atoms with Gasteiger partial charge in [-0.05, 0) is 45.6 Å². The molecule has 218 valence electrons. The first-order valence-electron chi connectivity index (χ1n) is 13.4. The second kappa shape index (κ2) is 11.8. The molecule has 5 atom stereocenters. The van der Waals surface area contributed by atoms with Gasteiger partial charge in [-0.1, -0.05) is 0 Å². The molecule has 14 heteroatoms. The van der Waals surface area contributed by atoms with Crippen LogP contribution in [0.25, 0.3) is 11.0 Å². The van der Waals surface area contributed by atoms with Crippen LogP contribution in [-0.4, -0.2) is 76.1 Å². The summed E-state index contributed by atoms with van der Waals surface area (Å²) in [4.78, 5) is 19.3. The van der Waals surface area contributed by atoms with Crippen molar-refractivity contribution in [3.8, 4) is 0 Å². The van der Waals surface area contributed by atoms with Gasteiger partial charge in [0.05, 0.1) is 24.4 Å². The first-order valence-corrected chi connectivity index (χ1v) is 13.4. The number of anilines is 3. The Labute approximate surface area is 229 Å². The van der Waals surface area contributed by atoms with E-state index in [2.05, 4.69) is 25.3 Å². The maximum absolute atomic E-state index is 14.4. The highest BCUT2D eigenvalue weighted by Gasteiger charge is 2.40. The highest BCUT2D eigenvalue weighted by molar-refractivity contribution is 5.79. The lowest BCUT2D eigenvalue weighted by molar-refractivity contribution is -0.190. The molecule has 2 saturated heterocycles. The molecule has 3 aromatic rings. The topological polar surface area (TPSA) is 99.5 Å². The van der Waals surface area contributed by atoms with Crippen molar-refractivity contribution in [2.45, 2.75) is 76.4 Å². The van der Waals surface area contributed by atoms with Crippen LogP contribution >= 0.6 is 0 Å². The number of imidazole rings is 1. The number of piperidine rings is 1. The molecule has 0 aliphatic carbocycles. The summed E-state index contributed by atoms with van der Waals surface area (Å²) < 4.78 is 74.3. The third-order valence-corrected chi connectivity index (χ3v) is 7.29. The Morgan fingerprint density at radius 2 is 1.95 bits per heavy atom. The summed E-state index contributed by atoms with van der Waals surface area (Å²) in [6, 6.07) is 1.24. The van der Waals surface area contributed by atoms with E-state index in [1.165, 1.54) is 25.6 Å². The lowest BCUT2D eigenvalue weighted by Crippen LogP contribution is -2.46. The number of halogens is 4. The van der Waals surface area contributed by atoms with Gasteiger partial charge < -0.3 is 29.0 Å². The van der Waals surface area contributed by atoms with Gasteiger partial charge in [0.2, 0.25) is 5.95 Å². The predicted octanol–water partition coefficient (Wildman–Crippen LogP) is 5.26. The van der Waals surface area contributed by atoms with E-state index in [4.69, 9.17) is 14.2 Å². The molecule has 0 radical (unpaired) electrons. The minimum Gasteiger partial charge on any atom is -0.378 e. The van der Waals surface area contributed by atoms with Crippen LogP contribution in [0.2, 0.25) is 0 Å². The molecule has 0 saturated carbocycles. The number of methoxy groups -OCH3 is 1. The van der Waals surface area contributed by atoms with Crippen LogP contribution in [0.4, 0.5) is 35.1 Å². The van der Waals surface area contributed by atoms with Gasteiger partial charge in [0, 0.05) is 32.5 Å². The van der Waals surface area contributed by atoms with Gasteiger partial charge in [-0.15, -0.1) is 0 Å². The number of nitrogens with one attached hydrogen (secondary N) is 1. The molecular formula is C26H33F4N7O3. The Kier molecular flexibility index (Phi) is 8.38. The minimum atomic E-state index is -4.52. The van der Waals surface area contributed by atoms with Crippen molar-refractivity contribution >= 4 is 28.6 Å². The highest BCUT2D eigenvalue weighted by atomic mass is 19.4. The fourth-order valence-corrected chi connectivity index (χ4v) is 5.06. The molecule has 40 heavy (non-hydrogen) atoms. The molecule has 2 aliphatic rings. The van der Waals surface area contributed by atoms with Crippen molar-refractivity contribution in [2.75, 3.05) is 37.0 Å². The zero-order chi connectivity index (χ0) is 28.4. The molecule has 2 fully saturated rings. The number of rotatable bonds is 8. The van der Waals surface area contributed by atoms with Crippen molar-refractivity contribution in [1.29, 1.82) is 0 Å². The number of alkyl halides is 4. The van der Waals surface area contributed by atoms with Crippen LogP contribution in [0.15, 0.2) is 24.5 Å². The molecule has 5 heterocycles. The summed E-state index contributed by atoms with van der Waals surface area (Å²) in [7, 11) is 1.49. The monoisotopic (exact) mass is 567 g/mol. The fraction of sp³-hybridized carbons (Fsp3) is 0.615. The largest absolute Gasteiger partial charge is 0.408 e. The van der Waals surface area contributed by atoms with E-state index in [0.29, 0.717) is 43.3 Å². The lowest BCUT2D eigenvalue weighted by Gasteiger charge is -2.33. The van der Waals surface area contributed by atoms with E-state index in [1.54, 1.807) is 17.9 Å². The number of hydrogen-bond donors (Lipinski definition) is 1. The van der Waals surface area contributed by atoms with Gasteiger partial charge in [-0.3, -0.25) is 0 Å². The van der Waals surface area contributed by atoms with Crippen LogP contribution < -0.4 is 10.2 Å². The minimum absolute atomic E-state index is 0.0929. The number of fused-ring (bicyclic) bond motifs is 1. The summed E-state index contributed by atoms with van der Waals surface area (Å²) in [5.41, 5.74) is 0.545. The van der Waals surface area contributed by atoms with E-state index in [9.17, 15) is 17.6 Å². The maximum atomic E-state index is 14.4. The Hall–Kier alpha value is -3.10. The smallest absolute Gasteiger partial charge is 0.378 e. The molecule has 3 aromatic heterocycles. The van der Waals surface area contributed by atoms with Gasteiger partial charge in [0.25, 0.3) is 0 Å². The summed E-state index contributed by atoms with van der Waals surface area (Å²) in [5.74, 6) is 1.10. The number of aromatic nitrogens is 5. The average Bonchev–Trinajstić information content (AvgIpc) is 3.31. The lowest BCUT2D eigenvalue weighted by atomic mass is 10.1. The summed E-state index contributed by atoms with van der Waals surface area (Å²) in [5, 5.41) is 3.03. The van der Waals surface area contributed by atoms with Crippen molar-refractivity contribution in [1.82, 2.24) is 24.5 Å². The van der Waals surface area contributed by atoms with E-state index < -0.39 is 36.9 Å². The van der Waals surface area contributed by atoms with Crippen LogP contribution in [0.3, 0.4) is 0 Å². The molecule has 1 N–H and O–H groups in total. The fourth-order valence-electron chi connectivity index (χ4n) is 5.06. The molecule has 0 aromatic carbocycles. The molecule has 5 rings (SSSR count). The SMILES string of the molecule is CO[C@H]1CCN(c2nccc(Nc3cc4c(cn3)nc(C(C)OC3CCCCO3)n4C(C)C(F)(F)F)n2)C[C@H]1F. The standard InChI is InChI=1S/C26H33F4N7O3/c1-15(40-23-6-4-5-11-39-23)24-33-18-13-32-22(12-19(18)37(24)16(2)26(28,29)30)34-21-7-9-31-25(35-21)36-10-8-20(38-3)17(27)14-36/h7,9,12-13,15-17,20,23H,4-6,8,10-11,14H2,1-3H3,(H,31,32,34,35)/t15?,16?,17-,20+,23?/m1/s1. The zero-order valence-electron chi connectivity index (χ0n) is 22.6. The second-order valence-corrected chi connectivity index (χ2v) is 10.1. The predicted molar refractivity (Wildman–Crippen MR) is 139 cm³/mol. The maximum Gasteiger partial charge on any atom is 0.408 e. The Morgan fingerprint density at radius 3 is 2.65 bits per heavy atom. The van der Waals surface area contributed by atoms with Crippen molar-refractivity contribution in [3.63, 3.8) is 0 Å². The molecule has 0 spiro atoms. The van der Waals surface area contributed by atoms with Crippen molar-refractivity contribution in [2.24, 2.45) is 0 Å². The molecule has 0 amide bonds. The number of hydrogen-bond acceptors (Lipinski definition) is 9. The second-order valence-electron chi connectivity index (χ2n) is 10.1. The summed E-state index contributed by atoms with van der Waals surface area (Å²) >= 11 is 0. The van der Waals surface area contributed by atoms with E-state index in [0.717, 1.165) is 24.3 Å². The Bertz CT molecular complexity index is 1300. The van der Waals surface area contributed by atoms with E-state index in [-0.39, 0.29) is 23.7 Å². The third kappa shape index (κ3) is 6.13. The molecule has 10 nitrogen and oxygen atoms in total. The van der Waals surface area contributed by atoms with Crippen LogP contribution in [-0.2, 0) is 14.2 Å². The van der Waals surface area contributed by atoms with Gasteiger partial charge in [0.15, 0.2) is 6.29 Å². The number of ether oxygens (including phenoxy) is 3. The van der Waals surface area contributed by atoms with Crippen LogP contribution in [0.1, 0.15) is 57.5 Å². The quantitative estimate of drug-likeness (QED) is 0.366. The van der Waals surface area contributed by atoms with Gasteiger partial charge in [-0.2, -0.15) is 18.2 Å². The molecule has 2 aliphatic heterocycles. The van der Waals surface area contributed by atoms with Crippen molar-refractivity contribution < 1.29 is 31.8 Å². The Balaban J connectivity index is 1.42. The van der Waals surface area contributed by atoms with E-state index in [1.807, 2.05) is 0 Å². The van der Waals surface area contributed by atoms with Gasteiger partial charge >= 0.3 is 6.18 Å². The molecule has 3 unspecified atom stereocenters. The van der Waals surface area contributed by atoms with E-state index >= 15 is 0 Å². The number of pyridine rings is 1. The number of nitrogens with zero attached hydrogens (tertiary/aromatic N) is 6. The first-order chi connectivity index (χ1) is 19.1. The summed E-state index contributed by atoms with van der Waals surface area (Å²) in [6.07, 6.45) is -1.44. The van der Waals surface area contributed by atoms with Gasteiger partial charge in [0.1, 0.15) is 41.3 Å².